The molecular weight excluding hydrogens is 819 g/mol. The van der Waals surface area contributed by atoms with E-state index in [2.05, 4.69) is 0 Å². The van der Waals surface area contributed by atoms with E-state index >= 15 is 0 Å². The minimum Gasteiger partial charge on any atom is -0.504 e. The third-order valence-electron chi connectivity index (χ3n) is 13.6. The van der Waals surface area contributed by atoms with Crippen molar-refractivity contribution in [2.75, 3.05) is 0 Å². The lowest BCUT2D eigenvalue weighted by Gasteiger charge is -2.53. The summed E-state index contributed by atoms with van der Waals surface area (Å²) < 4.78 is 51.2. The van der Waals surface area contributed by atoms with Gasteiger partial charge in [0.2, 0.25) is 0 Å². The van der Waals surface area contributed by atoms with Crippen LogP contribution in [0.3, 0.4) is 0 Å². The molecule has 352 valence electrons. The number of hydrogen-bond donors (Lipinski definition) is 4. The largest absolute Gasteiger partial charge is 0.536 e. The number of aliphatic hydroxyl groups is 4. The summed E-state index contributed by atoms with van der Waals surface area (Å²) in [5.41, 5.74) is -4.13. The summed E-state index contributed by atoms with van der Waals surface area (Å²) in [7, 11) is 0. The molecular formula is C46H68BO16-. The van der Waals surface area contributed by atoms with Crippen LogP contribution in [-0.2, 0) is 56.7 Å². The summed E-state index contributed by atoms with van der Waals surface area (Å²) in [6.45, 7) is 5.49. The van der Waals surface area contributed by atoms with Crippen LogP contribution in [0, 0.1) is 11.8 Å². The fraction of sp³-hybridized carbons (Fsp3) is 0.739. The number of esters is 2. The molecule has 0 amide bonds. The molecule has 15 atom stereocenters. The number of aliphatic hydroxyl groups excluding tert-OH is 2. The van der Waals surface area contributed by atoms with E-state index in [0.29, 0.717) is 51.4 Å². The quantitative estimate of drug-likeness (QED) is 0.192. The molecule has 6 aliphatic rings. The van der Waals surface area contributed by atoms with Gasteiger partial charge in [-0.25, -0.2) is 9.59 Å². The molecule has 1 unspecified atom stereocenters. The topological polar surface area (TPSA) is 223 Å². The van der Waals surface area contributed by atoms with Crippen molar-refractivity contribution in [1.82, 2.24) is 0 Å². The molecule has 0 aromatic heterocycles. The van der Waals surface area contributed by atoms with Gasteiger partial charge in [0.25, 0.3) is 0 Å². The summed E-state index contributed by atoms with van der Waals surface area (Å²) in [6.07, 6.45) is 8.97. The summed E-state index contributed by atoms with van der Waals surface area (Å²) in [5, 5.41) is 46.4. The van der Waals surface area contributed by atoms with Gasteiger partial charge >= 0.3 is 18.9 Å². The molecule has 3 spiro atoms. The van der Waals surface area contributed by atoms with E-state index in [-0.39, 0.29) is 50.1 Å². The number of ketones is 2. The second kappa shape index (κ2) is 20.2. The van der Waals surface area contributed by atoms with E-state index in [1.54, 1.807) is 27.7 Å². The first-order chi connectivity index (χ1) is 29.7. The van der Waals surface area contributed by atoms with Gasteiger partial charge < -0.3 is 58.0 Å². The van der Waals surface area contributed by atoms with Crippen LogP contribution in [0.2, 0.25) is 0 Å². The van der Waals surface area contributed by atoms with Crippen molar-refractivity contribution in [1.29, 1.82) is 0 Å². The van der Waals surface area contributed by atoms with Gasteiger partial charge in [-0.1, -0.05) is 62.5 Å². The third-order valence-corrected chi connectivity index (χ3v) is 13.6. The van der Waals surface area contributed by atoms with Crippen LogP contribution < -0.4 is 0 Å². The number of hydrogen-bond acceptors (Lipinski definition) is 16. The lowest BCUT2D eigenvalue weighted by atomic mass is 9.79. The zero-order valence-corrected chi connectivity index (χ0v) is 37.6. The van der Waals surface area contributed by atoms with Gasteiger partial charge in [-0.2, -0.15) is 0 Å². The van der Waals surface area contributed by atoms with Crippen molar-refractivity contribution in [3.63, 3.8) is 0 Å². The molecule has 0 aliphatic carbocycles. The highest BCUT2D eigenvalue weighted by Gasteiger charge is 2.77. The van der Waals surface area contributed by atoms with E-state index in [4.69, 9.17) is 37.6 Å². The van der Waals surface area contributed by atoms with Crippen LogP contribution in [0.25, 0.3) is 0 Å². The molecule has 0 aromatic rings. The second-order valence-corrected chi connectivity index (χ2v) is 18.9. The summed E-state index contributed by atoms with van der Waals surface area (Å²) in [5.74, 6) is -9.43. The smallest absolute Gasteiger partial charge is 0.504 e. The molecule has 7 bridgehead atoms. The maximum atomic E-state index is 14.5. The first kappa shape index (κ1) is 49.3. The molecule has 4 saturated heterocycles. The second-order valence-electron chi connectivity index (χ2n) is 18.9. The Morgan fingerprint density at radius 1 is 0.556 bits per heavy atom. The number of carbonyl (C=O) groups excluding carboxylic acids is 4. The standard InChI is InChI=1S/C46H68BO16/c1-29-19-15-11-7-9-13-17-21-33(48)28-36(51)32(4)38-24-26-44(6,55)46(59-38)40-42(53)57-30(2)20-16-12-8-10-14-18-22-34(49)27-35(50)31(3)37-23-25-43(5,54)45(58-37)39(41(52)56-29)60-47(61-40,62-45)63-46/h7-14,29-34,37-40,48-49,54-55H,15-28H2,1-6H3/q-1/b11-7-,12-8-,13-9+,14-10+/t29-,30-,31+,32+,33-,34+,37-,38-,39-,40-,43-,44-,45+,46+,47?/m0/s1. The highest BCUT2D eigenvalue weighted by Crippen LogP contribution is 2.57. The number of Topliss-reactive ketones (excluding diaryl/α,β-unsaturated/α-hetero) is 2. The first-order valence-electron chi connectivity index (χ1n) is 22.9. The van der Waals surface area contributed by atoms with Crippen LogP contribution in [0.5, 0.6) is 0 Å². The van der Waals surface area contributed by atoms with E-state index in [1.807, 2.05) is 48.6 Å². The van der Waals surface area contributed by atoms with Gasteiger partial charge in [-0.3, -0.25) is 9.59 Å². The zero-order chi connectivity index (χ0) is 45.8. The van der Waals surface area contributed by atoms with Gasteiger partial charge in [0, 0.05) is 24.7 Å². The Morgan fingerprint density at radius 2 is 0.905 bits per heavy atom. The summed E-state index contributed by atoms with van der Waals surface area (Å²) in [4.78, 5) is 56.6. The predicted octanol–water partition coefficient (Wildman–Crippen LogP) is 4.65. The van der Waals surface area contributed by atoms with Crippen molar-refractivity contribution in [2.45, 2.75) is 203 Å². The zero-order valence-electron chi connectivity index (χ0n) is 37.6. The molecule has 6 rings (SSSR count). The van der Waals surface area contributed by atoms with Crippen molar-refractivity contribution in [2.24, 2.45) is 11.8 Å². The molecule has 0 aromatic carbocycles. The van der Waals surface area contributed by atoms with E-state index in [9.17, 15) is 39.6 Å². The van der Waals surface area contributed by atoms with Gasteiger partial charge in [0.15, 0.2) is 23.8 Å². The van der Waals surface area contributed by atoms with Crippen LogP contribution >= 0.6 is 0 Å². The maximum Gasteiger partial charge on any atom is 0.536 e. The monoisotopic (exact) mass is 887 g/mol. The van der Waals surface area contributed by atoms with Crippen molar-refractivity contribution in [3.05, 3.63) is 48.6 Å². The van der Waals surface area contributed by atoms with Crippen molar-refractivity contribution < 1.29 is 77.2 Å². The maximum absolute atomic E-state index is 14.5. The van der Waals surface area contributed by atoms with E-state index < -0.39 is 102 Å². The number of fused-ring (bicyclic) bond motifs is 4. The first-order valence-corrected chi connectivity index (χ1v) is 22.9. The van der Waals surface area contributed by atoms with Gasteiger partial charge in [0.1, 0.15) is 22.8 Å². The number of allylic oxidation sites excluding steroid dienone is 8. The van der Waals surface area contributed by atoms with Crippen molar-refractivity contribution in [3.8, 4) is 0 Å². The number of carbonyl (C=O) groups is 4. The average molecular weight is 888 g/mol. The SMILES string of the molecule is C[C@@H]1C(=O)C[C@H](O)CC/C=C/C=C\CC[C@H](C)OC(=O)[C@@H]2O[B-]34O[C@@H](C(=O)O[C@@H](C)CC/C=C\C=C\CC[C@H](O)CC(=O)[C@@H](C)[C@@H]5CC[C@](C)(O)[C@]2(O5)O3)[C@@]2(O[C@H]1CC[C@]2(C)O)O4. The van der Waals surface area contributed by atoms with Crippen LogP contribution in [0.1, 0.15) is 131 Å². The Hall–Kier alpha value is -3.10. The minimum atomic E-state index is -3.90. The lowest BCUT2D eigenvalue weighted by Crippen LogP contribution is -2.68. The Morgan fingerprint density at radius 3 is 1.27 bits per heavy atom. The Bertz CT molecular complexity index is 1650. The molecule has 4 N–H and O–H groups in total. The normalized spacial score (nSPS) is 47.5. The fourth-order valence-electron chi connectivity index (χ4n) is 9.40. The van der Waals surface area contributed by atoms with Crippen LogP contribution in [0.15, 0.2) is 48.6 Å². The fourth-order valence-corrected chi connectivity index (χ4v) is 9.40. The Labute approximate surface area is 370 Å². The Kier molecular flexibility index (Phi) is 15.8. The Balaban J connectivity index is 1.47. The number of rotatable bonds is 0. The average Bonchev–Trinajstić information content (AvgIpc) is 3.72. The van der Waals surface area contributed by atoms with E-state index in [1.165, 1.54) is 13.8 Å². The lowest BCUT2D eigenvalue weighted by molar-refractivity contribution is -0.345. The van der Waals surface area contributed by atoms with E-state index in [0.717, 1.165) is 0 Å². The molecule has 0 radical (unpaired) electrons. The molecule has 4 fully saturated rings. The summed E-state index contributed by atoms with van der Waals surface area (Å²) in [6, 6.07) is 0. The van der Waals surface area contributed by atoms with Gasteiger partial charge in [-0.05, 0) is 105 Å². The molecule has 17 heteroatoms. The molecule has 6 aliphatic heterocycles. The highest BCUT2D eigenvalue weighted by molar-refractivity contribution is 6.56. The number of ether oxygens (including phenoxy) is 4. The molecule has 6 heterocycles. The van der Waals surface area contributed by atoms with Crippen molar-refractivity contribution >= 4 is 30.5 Å². The van der Waals surface area contributed by atoms with Crippen LogP contribution in [-0.4, -0.2) is 122 Å². The molecule has 16 nitrogen and oxygen atoms in total. The minimum absolute atomic E-state index is 0.0841. The van der Waals surface area contributed by atoms with Gasteiger partial charge in [0.05, 0.1) is 36.6 Å². The molecule has 0 saturated carbocycles. The summed E-state index contributed by atoms with van der Waals surface area (Å²) >= 11 is 0. The molecule has 63 heavy (non-hydrogen) atoms. The number of cyclic esters (lactones) is 2. The third kappa shape index (κ3) is 10.8. The van der Waals surface area contributed by atoms with Crippen LogP contribution in [0.4, 0.5) is 0 Å². The predicted molar refractivity (Wildman–Crippen MR) is 227 cm³/mol. The van der Waals surface area contributed by atoms with Gasteiger partial charge in [-0.15, -0.1) is 0 Å². The highest BCUT2D eigenvalue weighted by atomic mass is 17.0.